The summed E-state index contributed by atoms with van der Waals surface area (Å²) in [5.74, 6) is 1.45. The van der Waals surface area contributed by atoms with Gasteiger partial charge in [-0.05, 0) is 37.6 Å². The van der Waals surface area contributed by atoms with Crippen molar-refractivity contribution in [1.29, 1.82) is 0 Å². The normalized spacial score (nSPS) is 23.3. The van der Waals surface area contributed by atoms with Crippen LogP contribution in [0.2, 0.25) is 0 Å². The van der Waals surface area contributed by atoms with Gasteiger partial charge in [0.2, 0.25) is 0 Å². The molecule has 1 rings (SSSR count). The summed E-state index contributed by atoms with van der Waals surface area (Å²) >= 11 is 0. The summed E-state index contributed by atoms with van der Waals surface area (Å²) in [6, 6.07) is 0.486. The van der Waals surface area contributed by atoms with Gasteiger partial charge in [-0.15, -0.1) is 0 Å². The second-order valence-corrected chi connectivity index (χ2v) is 4.59. The standard InChI is InChI=1S/C12H24N2/c1-10(2)12(9-13)14-8-7-11-5-3-4-6-11/h3,5,10-12,14H,4,6-9,13H2,1-2H3. The van der Waals surface area contributed by atoms with Gasteiger partial charge in [0, 0.05) is 12.6 Å². The highest BCUT2D eigenvalue weighted by atomic mass is 14.9. The minimum absolute atomic E-state index is 0.486. The molecule has 0 saturated carbocycles. The fourth-order valence-electron chi connectivity index (χ4n) is 1.98. The number of nitrogens with one attached hydrogen (secondary N) is 1. The molecule has 0 aromatic heterocycles. The van der Waals surface area contributed by atoms with Crippen molar-refractivity contribution < 1.29 is 0 Å². The van der Waals surface area contributed by atoms with Crippen LogP contribution in [0.15, 0.2) is 12.2 Å². The van der Waals surface area contributed by atoms with Gasteiger partial charge >= 0.3 is 0 Å². The molecule has 2 unspecified atom stereocenters. The molecular formula is C12H24N2. The van der Waals surface area contributed by atoms with E-state index in [9.17, 15) is 0 Å². The van der Waals surface area contributed by atoms with E-state index >= 15 is 0 Å². The summed E-state index contributed by atoms with van der Waals surface area (Å²) in [6.45, 7) is 6.30. The molecule has 2 nitrogen and oxygen atoms in total. The summed E-state index contributed by atoms with van der Waals surface area (Å²) in [6.07, 6.45) is 8.54. The maximum absolute atomic E-state index is 5.69. The Labute approximate surface area is 87.9 Å². The van der Waals surface area contributed by atoms with Crippen LogP contribution in [-0.4, -0.2) is 19.1 Å². The van der Waals surface area contributed by atoms with E-state index in [2.05, 4.69) is 31.3 Å². The third kappa shape index (κ3) is 3.81. The molecule has 2 heteroatoms. The van der Waals surface area contributed by atoms with Crippen molar-refractivity contribution >= 4 is 0 Å². The molecule has 3 N–H and O–H groups in total. The van der Waals surface area contributed by atoms with Gasteiger partial charge in [-0.1, -0.05) is 26.0 Å². The van der Waals surface area contributed by atoms with Crippen molar-refractivity contribution in [1.82, 2.24) is 5.32 Å². The van der Waals surface area contributed by atoms with Crippen LogP contribution in [-0.2, 0) is 0 Å². The maximum atomic E-state index is 5.69. The molecule has 0 aromatic rings. The molecular weight excluding hydrogens is 172 g/mol. The average Bonchev–Trinajstić information content (AvgIpc) is 2.64. The van der Waals surface area contributed by atoms with Gasteiger partial charge in [-0.3, -0.25) is 0 Å². The third-order valence-electron chi connectivity index (χ3n) is 3.09. The predicted molar refractivity (Wildman–Crippen MR) is 62.2 cm³/mol. The molecule has 0 fully saturated rings. The van der Waals surface area contributed by atoms with Crippen LogP contribution in [0.3, 0.4) is 0 Å². The molecule has 0 heterocycles. The van der Waals surface area contributed by atoms with Crippen LogP contribution in [0.1, 0.15) is 33.1 Å². The van der Waals surface area contributed by atoms with Crippen molar-refractivity contribution in [2.75, 3.05) is 13.1 Å². The van der Waals surface area contributed by atoms with Crippen LogP contribution in [0.25, 0.3) is 0 Å². The van der Waals surface area contributed by atoms with Crippen molar-refractivity contribution in [2.24, 2.45) is 17.6 Å². The second-order valence-electron chi connectivity index (χ2n) is 4.59. The molecule has 0 aliphatic heterocycles. The van der Waals surface area contributed by atoms with E-state index < -0.39 is 0 Å². The zero-order valence-corrected chi connectivity index (χ0v) is 9.50. The smallest absolute Gasteiger partial charge is 0.0213 e. The molecule has 0 aromatic carbocycles. The first-order valence-corrected chi connectivity index (χ1v) is 5.84. The Morgan fingerprint density at radius 1 is 1.50 bits per heavy atom. The van der Waals surface area contributed by atoms with Crippen LogP contribution in [0.5, 0.6) is 0 Å². The lowest BCUT2D eigenvalue weighted by atomic mass is 10.0. The van der Waals surface area contributed by atoms with Gasteiger partial charge in [0.1, 0.15) is 0 Å². The van der Waals surface area contributed by atoms with Crippen molar-refractivity contribution in [3.05, 3.63) is 12.2 Å². The van der Waals surface area contributed by atoms with Gasteiger partial charge in [0.05, 0.1) is 0 Å². The topological polar surface area (TPSA) is 38.0 Å². The van der Waals surface area contributed by atoms with Crippen LogP contribution < -0.4 is 11.1 Å². The third-order valence-corrected chi connectivity index (χ3v) is 3.09. The number of hydrogen-bond acceptors (Lipinski definition) is 2. The van der Waals surface area contributed by atoms with E-state index in [1.54, 1.807) is 0 Å². The number of rotatable bonds is 6. The average molecular weight is 196 g/mol. The molecule has 1 aliphatic carbocycles. The van der Waals surface area contributed by atoms with Crippen molar-refractivity contribution in [2.45, 2.75) is 39.2 Å². The highest BCUT2D eigenvalue weighted by Crippen LogP contribution is 2.19. The molecule has 14 heavy (non-hydrogen) atoms. The number of nitrogens with two attached hydrogens (primary N) is 1. The Hall–Kier alpha value is -0.340. The number of hydrogen-bond donors (Lipinski definition) is 2. The molecule has 0 spiro atoms. The Balaban J connectivity index is 2.09. The number of allylic oxidation sites excluding steroid dienone is 2. The molecule has 0 amide bonds. The summed E-state index contributed by atoms with van der Waals surface area (Å²) in [7, 11) is 0. The largest absolute Gasteiger partial charge is 0.329 e. The summed E-state index contributed by atoms with van der Waals surface area (Å²) in [5, 5.41) is 3.54. The fraction of sp³-hybridized carbons (Fsp3) is 0.833. The minimum atomic E-state index is 0.486. The highest BCUT2D eigenvalue weighted by molar-refractivity contribution is 4.96. The lowest BCUT2D eigenvalue weighted by molar-refractivity contribution is 0.391. The molecule has 1 aliphatic rings. The molecule has 2 atom stereocenters. The fourth-order valence-corrected chi connectivity index (χ4v) is 1.98. The van der Waals surface area contributed by atoms with E-state index in [1.807, 2.05) is 0 Å². The van der Waals surface area contributed by atoms with Crippen molar-refractivity contribution in [3.63, 3.8) is 0 Å². The molecule has 0 radical (unpaired) electrons. The SMILES string of the molecule is CC(C)C(CN)NCCC1C=CCC1. The van der Waals surface area contributed by atoms with Gasteiger partial charge in [0.25, 0.3) is 0 Å². The first-order valence-electron chi connectivity index (χ1n) is 5.84. The minimum Gasteiger partial charge on any atom is -0.329 e. The van der Waals surface area contributed by atoms with E-state index in [4.69, 9.17) is 5.73 Å². The predicted octanol–water partition coefficient (Wildman–Crippen LogP) is 1.92. The van der Waals surface area contributed by atoms with Crippen LogP contribution >= 0.6 is 0 Å². The van der Waals surface area contributed by atoms with Gasteiger partial charge in [-0.2, -0.15) is 0 Å². The Bertz CT molecular complexity index is 175. The summed E-state index contributed by atoms with van der Waals surface area (Å²) in [4.78, 5) is 0. The molecule has 0 bridgehead atoms. The van der Waals surface area contributed by atoms with Gasteiger partial charge in [0.15, 0.2) is 0 Å². The Morgan fingerprint density at radius 3 is 2.79 bits per heavy atom. The lowest BCUT2D eigenvalue weighted by Crippen LogP contribution is -2.40. The first-order chi connectivity index (χ1) is 6.74. The zero-order chi connectivity index (χ0) is 10.4. The zero-order valence-electron chi connectivity index (χ0n) is 9.50. The molecule has 82 valence electrons. The first kappa shape index (κ1) is 11.7. The lowest BCUT2D eigenvalue weighted by Gasteiger charge is -2.21. The summed E-state index contributed by atoms with van der Waals surface area (Å²) in [5.41, 5.74) is 5.69. The van der Waals surface area contributed by atoms with Gasteiger partial charge in [-0.25, -0.2) is 0 Å². The van der Waals surface area contributed by atoms with E-state index in [0.29, 0.717) is 12.0 Å². The quantitative estimate of drug-likeness (QED) is 0.637. The Kier molecular flexibility index (Phi) is 5.20. The van der Waals surface area contributed by atoms with E-state index in [-0.39, 0.29) is 0 Å². The van der Waals surface area contributed by atoms with E-state index in [0.717, 1.165) is 19.0 Å². The Morgan fingerprint density at radius 2 is 2.29 bits per heavy atom. The van der Waals surface area contributed by atoms with Gasteiger partial charge < -0.3 is 11.1 Å². The van der Waals surface area contributed by atoms with Crippen LogP contribution in [0.4, 0.5) is 0 Å². The molecule has 0 saturated heterocycles. The van der Waals surface area contributed by atoms with E-state index in [1.165, 1.54) is 19.3 Å². The summed E-state index contributed by atoms with van der Waals surface area (Å²) < 4.78 is 0. The second kappa shape index (κ2) is 6.20. The van der Waals surface area contributed by atoms with Crippen molar-refractivity contribution in [3.8, 4) is 0 Å². The van der Waals surface area contributed by atoms with Crippen LogP contribution in [0, 0.1) is 11.8 Å². The monoisotopic (exact) mass is 196 g/mol. The maximum Gasteiger partial charge on any atom is 0.0213 e. The highest BCUT2D eigenvalue weighted by Gasteiger charge is 2.12.